The number of hydrogen-bond donors (Lipinski definition) is 2. The van der Waals surface area contributed by atoms with Crippen molar-refractivity contribution in [1.29, 1.82) is 0 Å². The Morgan fingerprint density at radius 1 is 1.35 bits per heavy atom. The molecule has 0 spiro atoms. The molecule has 4 heteroatoms. The quantitative estimate of drug-likeness (QED) is 0.819. The Kier molecular flexibility index (Phi) is 5.64. The van der Waals surface area contributed by atoms with Crippen molar-refractivity contribution in [2.75, 3.05) is 13.7 Å². The molecule has 0 saturated heterocycles. The van der Waals surface area contributed by atoms with Crippen LogP contribution >= 0.6 is 0 Å². The summed E-state index contributed by atoms with van der Waals surface area (Å²) in [6.45, 7) is 2.45. The highest BCUT2D eigenvalue weighted by Gasteiger charge is 1.97. The van der Waals surface area contributed by atoms with E-state index in [1.54, 1.807) is 19.4 Å². The first-order valence-corrected chi connectivity index (χ1v) is 5.54. The third kappa shape index (κ3) is 5.06. The van der Waals surface area contributed by atoms with E-state index in [1.807, 2.05) is 31.2 Å². The van der Waals surface area contributed by atoms with Gasteiger partial charge in [-0.15, -0.1) is 0 Å². The van der Waals surface area contributed by atoms with Crippen molar-refractivity contribution in [3.05, 3.63) is 42.1 Å². The molecule has 0 heterocycles. The molecule has 1 aromatic carbocycles. The predicted octanol–water partition coefficient (Wildman–Crippen LogP) is 2.07. The normalized spacial score (nSPS) is 10.2. The lowest BCUT2D eigenvalue weighted by Gasteiger charge is -2.05. The van der Waals surface area contributed by atoms with Crippen LogP contribution in [-0.2, 0) is 6.42 Å². The fourth-order valence-corrected chi connectivity index (χ4v) is 1.32. The highest BCUT2D eigenvalue weighted by atomic mass is 16.5. The SMILES string of the molecule is C/C=C/NC(=O)NCCc1ccc(OC)cc1. The highest BCUT2D eigenvalue weighted by Crippen LogP contribution is 2.11. The Labute approximate surface area is 102 Å². The first-order chi connectivity index (χ1) is 8.26. The largest absolute Gasteiger partial charge is 0.497 e. The van der Waals surface area contributed by atoms with Crippen molar-refractivity contribution in [3.63, 3.8) is 0 Å². The molecule has 0 bridgehead atoms. The molecule has 0 radical (unpaired) electrons. The Morgan fingerprint density at radius 2 is 2.06 bits per heavy atom. The van der Waals surface area contributed by atoms with Crippen molar-refractivity contribution >= 4 is 6.03 Å². The summed E-state index contributed by atoms with van der Waals surface area (Å²) in [5, 5.41) is 5.35. The number of hydrogen-bond acceptors (Lipinski definition) is 2. The molecular weight excluding hydrogens is 216 g/mol. The average Bonchev–Trinajstić information content (AvgIpc) is 2.37. The van der Waals surface area contributed by atoms with Gasteiger partial charge in [-0.25, -0.2) is 4.79 Å². The topological polar surface area (TPSA) is 50.4 Å². The summed E-state index contributed by atoms with van der Waals surface area (Å²) >= 11 is 0. The predicted molar refractivity (Wildman–Crippen MR) is 68.0 cm³/mol. The smallest absolute Gasteiger partial charge is 0.318 e. The zero-order chi connectivity index (χ0) is 12.5. The molecule has 4 nitrogen and oxygen atoms in total. The van der Waals surface area contributed by atoms with Crippen molar-refractivity contribution in [1.82, 2.24) is 10.6 Å². The van der Waals surface area contributed by atoms with Gasteiger partial charge in [0.25, 0.3) is 0 Å². The van der Waals surface area contributed by atoms with Crippen LogP contribution in [0.4, 0.5) is 4.79 Å². The Hall–Kier alpha value is -1.97. The summed E-state index contributed by atoms with van der Waals surface area (Å²) in [5.41, 5.74) is 1.16. The lowest BCUT2D eigenvalue weighted by Crippen LogP contribution is -2.33. The van der Waals surface area contributed by atoms with Gasteiger partial charge in [-0.05, 0) is 31.0 Å². The molecular formula is C13H18N2O2. The molecule has 0 saturated carbocycles. The number of methoxy groups -OCH3 is 1. The number of carbonyl (C=O) groups is 1. The standard InChI is InChI=1S/C13H18N2O2/c1-3-9-14-13(16)15-10-8-11-4-6-12(17-2)7-5-11/h3-7,9H,8,10H2,1-2H3,(H2,14,15,16)/b9-3+. The number of amides is 2. The third-order valence-corrected chi connectivity index (χ3v) is 2.24. The molecule has 0 unspecified atom stereocenters. The van der Waals surface area contributed by atoms with Gasteiger partial charge in [0.05, 0.1) is 7.11 Å². The van der Waals surface area contributed by atoms with Gasteiger partial charge in [-0.3, -0.25) is 0 Å². The lowest BCUT2D eigenvalue weighted by atomic mass is 10.1. The average molecular weight is 234 g/mol. The zero-order valence-corrected chi connectivity index (χ0v) is 10.2. The molecule has 0 aromatic heterocycles. The van der Waals surface area contributed by atoms with Crippen LogP contribution in [0.25, 0.3) is 0 Å². The monoisotopic (exact) mass is 234 g/mol. The van der Waals surface area contributed by atoms with Crippen LogP contribution < -0.4 is 15.4 Å². The van der Waals surface area contributed by atoms with Crippen LogP contribution in [-0.4, -0.2) is 19.7 Å². The Balaban J connectivity index is 2.28. The minimum Gasteiger partial charge on any atom is -0.497 e. The molecule has 2 N–H and O–H groups in total. The van der Waals surface area contributed by atoms with E-state index in [4.69, 9.17) is 4.74 Å². The van der Waals surface area contributed by atoms with E-state index in [2.05, 4.69) is 10.6 Å². The maximum atomic E-state index is 11.2. The third-order valence-electron chi connectivity index (χ3n) is 2.24. The molecule has 1 rings (SSSR count). The number of rotatable bonds is 5. The molecule has 0 atom stereocenters. The van der Waals surface area contributed by atoms with Crippen molar-refractivity contribution in [2.45, 2.75) is 13.3 Å². The van der Waals surface area contributed by atoms with Crippen LogP contribution in [0, 0.1) is 0 Å². The summed E-state index contributed by atoms with van der Waals surface area (Å²) in [6, 6.07) is 7.62. The summed E-state index contributed by atoms with van der Waals surface area (Å²) in [6.07, 6.45) is 4.17. The van der Waals surface area contributed by atoms with Gasteiger partial charge in [0.15, 0.2) is 0 Å². The second kappa shape index (κ2) is 7.33. The van der Waals surface area contributed by atoms with Crippen molar-refractivity contribution in [3.8, 4) is 5.75 Å². The molecule has 0 fully saturated rings. The second-order valence-electron chi connectivity index (χ2n) is 3.50. The Bertz CT molecular complexity index is 372. The van der Waals surface area contributed by atoms with E-state index in [1.165, 1.54) is 0 Å². The summed E-state index contributed by atoms with van der Waals surface area (Å²) < 4.78 is 5.07. The molecule has 92 valence electrons. The van der Waals surface area contributed by atoms with Crippen LogP contribution in [0.1, 0.15) is 12.5 Å². The first-order valence-electron chi connectivity index (χ1n) is 5.54. The van der Waals surface area contributed by atoms with Gasteiger partial charge in [-0.1, -0.05) is 18.2 Å². The summed E-state index contributed by atoms with van der Waals surface area (Å²) in [5.74, 6) is 0.840. The molecule has 0 aliphatic carbocycles. The number of benzene rings is 1. The number of urea groups is 1. The molecule has 2 amide bonds. The van der Waals surface area contributed by atoms with Gasteiger partial charge < -0.3 is 15.4 Å². The maximum Gasteiger partial charge on any atom is 0.318 e. The number of allylic oxidation sites excluding steroid dienone is 1. The van der Waals surface area contributed by atoms with Crippen molar-refractivity contribution < 1.29 is 9.53 Å². The van der Waals surface area contributed by atoms with E-state index < -0.39 is 0 Å². The van der Waals surface area contributed by atoms with Crippen LogP contribution in [0.5, 0.6) is 5.75 Å². The minimum atomic E-state index is -0.184. The molecule has 0 aliphatic rings. The zero-order valence-electron chi connectivity index (χ0n) is 10.2. The van der Waals surface area contributed by atoms with Gasteiger partial charge in [0.2, 0.25) is 0 Å². The van der Waals surface area contributed by atoms with Gasteiger partial charge in [0.1, 0.15) is 5.75 Å². The number of ether oxygens (including phenoxy) is 1. The summed E-state index contributed by atoms with van der Waals surface area (Å²) in [7, 11) is 1.64. The van der Waals surface area contributed by atoms with E-state index in [-0.39, 0.29) is 6.03 Å². The maximum absolute atomic E-state index is 11.2. The molecule has 0 aliphatic heterocycles. The fraction of sp³-hybridized carbons (Fsp3) is 0.308. The van der Waals surface area contributed by atoms with Crippen LogP contribution in [0.3, 0.4) is 0 Å². The van der Waals surface area contributed by atoms with E-state index in [0.29, 0.717) is 6.54 Å². The first kappa shape index (κ1) is 13.1. The number of carbonyl (C=O) groups excluding carboxylic acids is 1. The van der Waals surface area contributed by atoms with Crippen molar-refractivity contribution in [2.24, 2.45) is 0 Å². The number of nitrogens with one attached hydrogen (secondary N) is 2. The van der Waals surface area contributed by atoms with E-state index >= 15 is 0 Å². The van der Waals surface area contributed by atoms with E-state index in [0.717, 1.165) is 17.7 Å². The minimum absolute atomic E-state index is 0.184. The van der Waals surface area contributed by atoms with Gasteiger partial charge in [-0.2, -0.15) is 0 Å². The van der Waals surface area contributed by atoms with Crippen LogP contribution in [0.15, 0.2) is 36.5 Å². The molecule has 17 heavy (non-hydrogen) atoms. The Morgan fingerprint density at radius 3 is 2.65 bits per heavy atom. The van der Waals surface area contributed by atoms with Gasteiger partial charge in [0, 0.05) is 12.7 Å². The molecule has 1 aromatic rings. The second-order valence-corrected chi connectivity index (χ2v) is 3.50. The van der Waals surface area contributed by atoms with E-state index in [9.17, 15) is 4.79 Å². The fourth-order valence-electron chi connectivity index (χ4n) is 1.32. The van der Waals surface area contributed by atoms with Crippen LogP contribution in [0.2, 0.25) is 0 Å². The summed E-state index contributed by atoms with van der Waals surface area (Å²) in [4.78, 5) is 11.2. The van der Waals surface area contributed by atoms with Gasteiger partial charge >= 0.3 is 6.03 Å². The highest BCUT2D eigenvalue weighted by molar-refractivity contribution is 5.74. The lowest BCUT2D eigenvalue weighted by molar-refractivity contribution is 0.244.